The highest BCUT2D eigenvalue weighted by Crippen LogP contribution is 2.28. The van der Waals surface area contributed by atoms with Gasteiger partial charge in [0.1, 0.15) is 0 Å². The van der Waals surface area contributed by atoms with Gasteiger partial charge in [0.2, 0.25) is 0 Å². The molecule has 0 saturated carbocycles. The highest BCUT2D eigenvalue weighted by atomic mass is 16.5. The zero-order chi connectivity index (χ0) is 22.6. The third-order valence-electron chi connectivity index (χ3n) is 4.99. The Kier molecular flexibility index (Phi) is 8.98. The van der Waals surface area contributed by atoms with Crippen molar-refractivity contribution in [1.82, 2.24) is 20.4 Å². The van der Waals surface area contributed by atoms with Crippen LogP contribution in [-0.2, 0) is 19.5 Å². The van der Waals surface area contributed by atoms with Crippen LogP contribution in [0, 0.1) is 0 Å². The van der Waals surface area contributed by atoms with Gasteiger partial charge in [-0.05, 0) is 55.2 Å². The van der Waals surface area contributed by atoms with Gasteiger partial charge in [-0.15, -0.1) is 0 Å². The Hall–Kier alpha value is -3.48. The summed E-state index contributed by atoms with van der Waals surface area (Å²) in [6.07, 6.45) is 4.62. The van der Waals surface area contributed by atoms with E-state index in [1.54, 1.807) is 13.2 Å². The molecule has 0 aliphatic carbocycles. The fourth-order valence-corrected chi connectivity index (χ4v) is 3.43. The fraction of sp³-hybridized carbons (Fsp3) is 0.360. The highest BCUT2D eigenvalue weighted by Gasteiger charge is 2.07. The summed E-state index contributed by atoms with van der Waals surface area (Å²) < 4.78 is 13.3. The minimum Gasteiger partial charge on any atom is -0.490 e. The summed E-state index contributed by atoms with van der Waals surface area (Å²) in [4.78, 5) is 4.36. The first-order valence-electron chi connectivity index (χ1n) is 11.1. The van der Waals surface area contributed by atoms with Crippen LogP contribution < -0.4 is 20.1 Å². The quantitative estimate of drug-likeness (QED) is 0.355. The Balaban J connectivity index is 1.52. The van der Waals surface area contributed by atoms with Crippen molar-refractivity contribution < 1.29 is 9.47 Å². The summed E-state index contributed by atoms with van der Waals surface area (Å²) in [5, 5.41) is 11.1. The molecule has 1 heterocycles. The van der Waals surface area contributed by atoms with Gasteiger partial charge in [0.25, 0.3) is 0 Å². The number of nitrogens with zero attached hydrogens (tertiary/aromatic N) is 3. The zero-order valence-electron chi connectivity index (χ0n) is 19.2. The third kappa shape index (κ3) is 6.77. The van der Waals surface area contributed by atoms with E-state index in [4.69, 9.17) is 9.47 Å². The van der Waals surface area contributed by atoms with Crippen LogP contribution in [0.25, 0.3) is 0 Å². The lowest BCUT2D eigenvalue weighted by Crippen LogP contribution is -2.38. The van der Waals surface area contributed by atoms with Gasteiger partial charge in [0, 0.05) is 32.5 Å². The second kappa shape index (κ2) is 12.4. The number of hydrogen-bond acceptors (Lipinski definition) is 4. The van der Waals surface area contributed by atoms with Crippen LogP contribution >= 0.6 is 0 Å². The van der Waals surface area contributed by atoms with Crippen molar-refractivity contribution in [1.29, 1.82) is 0 Å². The van der Waals surface area contributed by atoms with E-state index in [9.17, 15) is 0 Å². The number of aromatic nitrogens is 2. The number of aliphatic imine (C=N–C) groups is 1. The molecule has 0 aliphatic heterocycles. The number of rotatable bonds is 11. The van der Waals surface area contributed by atoms with Crippen molar-refractivity contribution in [3.63, 3.8) is 0 Å². The summed E-state index contributed by atoms with van der Waals surface area (Å²) in [6.45, 7) is 7.38. The van der Waals surface area contributed by atoms with Crippen molar-refractivity contribution >= 4 is 5.96 Å². The lowest BCUT2D eigenvalue weighted by Gasteiger charge is -2.15. The van der Waals surface area contributed by atoms with E-state index in [1.807, 2.05) is 36.9 Å². The average Bonchev–Trinajstić information content (AvgIpc) is 3.32. The summed E-state index contributed by atoms with van der Waals surface area (Å²) in [7, 11) is 1.79. The topological polar surface area (TPSA) is 72.7 Å². The largest absolute Gasteiger partial charge is 0.490 e. The van der Waals surface area contributed by atoms with Gasteiger partial charge in [-0.2, -0.15) is 5.10 Å². The lowest BCUT2D eigenvalue weighted by molar-refractivity contribution is 0.287. The molecule has 0 aliphatic rings. The van der Waals surface area contributed by atoms with Crippen LogP contribution in [0.2, 0.25) is 0 Å². The average molecular weight is 436 g/mol. The van der Waals surface area contributed by atoms with E-state index in [2.05, 4.69) is 57.1 Å². The molecule has 3 aromatic rings. The van der Waals surface area contributed by atoms with Crippen molar-refractivity contribution in [3.05, 3.63) is 77.6 Å². The minimum atomic E-state index is 0.611. The molecule has 3 rings (SSSR count). The van der Waals surface area contributed by atoms with Gasteiger partial charge in [0.15, 0.2) is 17.5 Å². The van der Waals surface area contributed by atoms with Crippen molar-refractivity contribution in [2.45, 2.75) is 33.4 Å². The first-order chi connectivity index (χ1) is 15.7. The predicted octanol–water partition coefficient (Wildman–Crippen LogP) is 3.64. The van der Waals surface area contributed by atoms with Crippen LogP contribution in [0.5, 0.6) is 11.5 Å². The third-order valence-corrected chi connectivity index (χ3v) is 4.99. The standard InChI is InChI=1S/C25H33N5O2/c1-4-31-23-12-11-20(17-24(23)32-5-2)13-15-27-25(26-3)28-18-21-9-6-7-10-22(21)19-30-16-8-14-29-30/h6-12,14,16-17H,4-5,13,15,18-19H2,1-3H3,(H2,26,27,28). The molecule has 7 heteroatoms. The van der Waals surface area contributed by atoms with Gasteiger partial charge in [-0.1, -0.05) is 30.3 Å². The van der Waals surface area contributed by atoms with Crippen LogP contribution in [0.15, 0.2) is 65.9 Å². The Morgan fingerprint density at radius 1 is 0.969 bits per heavy atom. The van der Waals surface area contributed by atoms with E-state index < -0.39 is 0 Å². The van der Waals surface area contributed by atoms with E-state index >= 15 is 0 Å². The monoisotopic (exact) mass is 435 g/mol. The Morgan fingerprint density at radius 2 is 1.75 bits per heavy atom. The highest BCUT2D eigenvalue weighted by molar-refractivity contribution is 5.79. The number of hydrogen-bond donors (Lipinski definition) is 2. The van der Waals surface area contributed by atoms with Gasteiger partial charge in [0.05, 0.1) is 19.8 Å². The second-order valence-corrected chi connectivity index (χ2v) is 7.22. The van der Waals surface area contributed by atoms with Crippen LogP contribution in [-0.4, -0.2) is 42.5 Å². The molecule has 170 valence electrons. The van der Waals surface area contributed by atoms with Crippen LogP contribution in [0.4, 0.5) is 0 Å². The van der Waals surface area contributed by atoms with Gasteiger partial charge in [-0.25, -0.2) is 0 Å². The lowest BCUT2D eigenvalue weighted by atomic mass is 10.1. The molecular formula is C25H33N5O2. The Bertz CT molecular complexity index is 986. The molecule has 0 spiro atoms. The first kappa shape index (κ1) is 23.2. The summed E-state index contributed by atoms with van der Waals surface area (Å²) in [5.41, 5.74) is 3.64. The molecule has 1 aromatic heterocycles. The van der Waals surface area contributed by atoms with Gasteiger partial charge >= 0.3 is 0 Å². The molecule has 0 radical (unpaired) electrons. The molecule has 7 nitrogen and oxygen atoms in total. The molecule has 2 N–H and O–H groups in total. The predicted molar refractivity (Wildman–Crippen MR) is 128 cm³/mol. The van der Waals surface area contributed by atoms with E-state index in [1.165, 1.54) is 16.7 Å². The maximum atomic E-state index is 5.73. The minimum absolute atomic E-state index is 0.611. The van der Waals surface area contributed by atoms with E-state index in [0.29, 0.717) is 19.8 Å². The molecule has 32 heavy (non-hydrogen) atoms. The molecular weight excluding hydrogens is 402 g/mol. The first-order valence-corrected chi connectivity index (χ1v) is 11.1. The normalized spacial score (nSPS) is 11.3. The maximum absolute atomic E-state index is 5.73. The van der Waals surface area contributed by atoms with Gasteiger partial charge < -0.3 is 20.1 Å². The molecule has 0 saturated heterocycles. The number of nitrogens with one attached hydrogen (secondary N) is 2. The Morgan fingerprint density at radius 3 is 2.47 bits per heavy atom. The number of benzene rings is 2. The van der Waals surface area contributed by atoms with Crippen molar-refractivity contribution in [3.8, 4) is 11.5 Å². The zero-order valence-corrected chi connectivity index (χ0v) is 19.2. The Labute approximate surface area is 190 Å². The van der Waals surface area contributed by atoms with Gasteiger partial charge in [-0.3, -0.25) is 9.67 Å². The maximum Gasteiger partial charge on any atom is 0.191 e. The smallest absolute Gasteiger partial charge is 0.191 e. The molecule has 0 bridgehead atoms. The van der Waals surface area contributed by atoms with Crippen molar-refractivity contribution in [2.75, 3.05) is 26.8 Å². The number of guanidine groups is 1. The fourth-order valence-electron chi connectivity index (χ4n) is 3.43. The molecule has 0 atom stereocenters. The number of ether oxygens (including phenoxy) is 2. The van der Waals surface area contributed by atoms with E-state index in [-0.39, 0.29) is 0 Å². The summed E-state index contributed by atoms with van der Waals surface area (Å²) >= 11 is 0. The molecule has 0 amide bonds. The van der Waals surface area contributed by atoms with Crippen LogP contribution in [0.3, 0.4) is 0 Å². The van der Waals surface area contributed by atoms with E-state index in [0.717, 1.165) is 37.0 Å². The molecule has 0 fully saturated rings. The molecule has 0 unspecified atom stereocenters. The van der Waals surface area contributed by atoms with Crippen molar-refractivity contribution in [2.24, 2.45) is 4.99 Å². The summed E-state index contributed by atoms with van der Waals surface area (Å²) in [5.74, 6) is 2.36. The molecule has 2 aromatic carbocycles. The van der Waals surface area contributed by atoms with Crippen LogP contribution in [0.1, 0.15) is 30.5 Å². The SMILES string of the molecule is CCOc1ccc(CCNC(=NC)NCc2ccccc2Cn2cccn2)cc1OCC. The second-order valence-electron chi connectivity index (χ2n) is 7.22. The summed E-state index contributed by atoms with van der Waals surface area (Å²) in [6, 6.07) is 16.4.